The number of hydrogen-bond acceptors (Lipinski definition) is 3. The van der Waals surface area contributed by atoms with Gasteiger partial charge in [0.25, 0.3) is 0 Å². The minimum atomic E-state index is -0.828. The molecule has 1 unspecified atom stereocenters. The van der Waals surface area contributed by atoms with Gasteiger partial charge in [0.05, 0.1) is 0 Å². The molecule has 0 spiro atoms. The SMILES string of the molecule is NCCC1(C(N)=O)c2ccccc2CSc2ccccc21. The average molecular weight is 298 g/mol. The van der Waals surface area contributed by atoms with E-state index in [2.05, 4.69) is 12.1 Å². The van der Waals surface area contributed by atoms with Crippen LogP contribution in [-0.2, 0) is 16.0 Å². The van der Waals surface area contributed by atoms with E-state index in [0.29, 0.717) is 13.0 Å². The molecular weight excluding hydrogens is 280 g/mol. The summed E-state index contributed by atoms with van der Waals surface area (Å²) in [5.74, 6) is 0.516. The molecule has 3 rings (SSSR count). The Morgan fingerprint density at radius 3 is 2.48 bits per heavy atom. The number of benzene rings is 2. The normalized spacial score (nSPS) is 20.2. The number of nitrogens with two attached hydrogens (primary N) is 2. The van der Waals surface area contributed by atoms with Gasteiger partial charge in [0.1, 0.15) is 5.41 Å². The first-order valence-electron chi connectivity index (χ1n) is 7.01. The van der Waals surface area contributed by atoms with Crippen LogP contribution in [0.1, 0.15) is 23.1 Å². The van der Waals surface area contributed by atoms with Crippen LogP contribution in [0.5, 0.6) is 0 Å². The van der Waals surface area contributed by atoms with Gasteiger partial charge in [-0.3, -0.25) is 4.79 Å². The molecule has 3 nitrogen and oxygen atoms in total. The Hall–Kier alpha value is -1.78. The van der Waals surface area contributed by atoms with Gasteiger partial charge in [-0.05, 0) is 35.7 Å². The van der Waals surface area contributed by atoms with E-state index in [-0.39, 0.29) is 5.91 Å². The van der Waals surface area contributed by atoms with Crippen molar-refractivity contribution < 1.29 is 4.79 Å². The molecular formula is C17H18N2OS. The lowest BCUT2D eigenvalue weighted by Crippen LogP contribution is -2.44. The lowest BCUT2D eigenvalue weighted by Gasteiger charge is -2.32. The topological polar surface area (TPSA) is 69.1 Å². The molecule has 1 aliphatic heterocycles. The van der Waals surface area contributed by atoms with Crippen molar-refractivity contribution in [1.82, 2.24) is 0 Å². The number of hydrogen-bond donors (Lipinski definition) is 2. The highest BCUT2D eigenvalue weighted by atomic mass is 32.2. The first-order valence-corrected chi connectivity index (χ1v) is 7.99. The van der Waals surface area contributed by atoms with Crippen LogP contribution >= 0.6 is 11.8 Å². The van der Waals surface area contributed by atoms with Crippen LogP contribution in [-0.4, -0.2) is 12.5 Å². The summed E-state index contributed by atoms with van der Waals surface area (Å²) < 4.78 is 0. The smallest absolute Gasteiger partial charge is 0.232 e. The van der Waals surface area contributed by atoms with Gasteiger partial charge < -0.3 is 11.5 Å². The Balaban J connectivity index is 2.36. The molecule has 0 saturated heterocycles. The maximum atomic E-state index is 12.5. The second-order valence-corrected chi connectivity index (χ2v) is 6.27. The first-order chi connectivity index (χ1) is 10.2. The van der Waals surface area contributed by atoms with Crippen LogP contribution in [0.4, 0.5) is 0 Å². The lowest BCUT2D eigenvalue weighted by molar-refractivity contribution is -0.122. The number of amides is 1. The molecule has 2 aromatic rings. The molecule has 1 aliphatic rings. The fourth-order valence-corrected chi connectivity index (χ4v) is 4.32. The van der Waals surface area contributed by atoms with E-state index in [1.165, 1.54) is 0 Å². The lowest BCUT2D eigenvalue weighted by atomic mass is 9.70. The van der Waals surface area contributed by atoms with Crippen molar-refractivity contribution in [2.75, 3.05) is 6.54 Å². The van der Waals surface area contributed by atoms with Gasteiger partial charge in [0.15, 0.2) is 0 Å². The van der Waals surface area contributed by atoms with Crippen molar-refractivity contribution in [3.05, 3.63) is 65.2 Å². The van der Waals surface area contributed by atoms with Gasteiger partial charge in [-0.2, -0.15) is 0 Å². The molecule has 21 heavy (non-hydrogen) atoms. The van der Waals surface area contributed by atoms with Crippen LogP contribution < -0.4 is 11.5 Å². The molecule has 0 fully saturated rings. The van der Waals surface area contributed by atoms with Crippen LogP contribution in [0.2, 0.25) is 0 Å². The molecule has 4 heteroatoms. The summed E-state index contributed by atoms with van der Waals surface area (Å²) in [6.07, 6.45) is 0.525. The Bertz CT molecular complexity index is 636. The van der Waals surface area contributed by atoms with Crippen LogP contribution in [0, 0.1) is 0 Å². The second kappa shape index (κ2) is 5.54. The Labute approximate surface area is 128 Å². The third kappa shape index (κ3) is 2.15. The Morgan fingerprint density at radius 1 is 1.10 bits per heavy atom. The Morgan fingerprint density at radius 2 is 1.76 bits per heavy atom. The van der Waals surface area contributed by atoms with Gasteiger partial charge >= 0.3 is 0 Å². The van der Waals surface area contributed by atoms with Gasteiger partial charge in [-0.1, -0.05) is 42.5 Å². The van der Waals surface area contributed by atoms with Gasteiger partial charge in [0.2, 0.25) is 5.91 Å². The number of primary amides is 1. The predicted octanol–water partition coefficient (Wildman–Crippen LogP) is 2.41. The van der Waals surface area contributed by atoms with Crippen molar-refractivity contribution in [3.8, 4) is 0 Å². The summed E-state index contributed by atoms with van der Waals surface area (Å²) in [4.78, 5) is 13.6. The van der Waals surface area contributed by atoms with Crippen LogP contribution in [0.3, 0.4) is 0 Å². The molecule has 0 aliphatic carbocycles. The van der Waals surface area contributed by atoms with E-state index < -0.39 is 5.41 Å². The predicted molar refractivity (Wildman–Crippen MR) is 86.1 cm³/mol. The summed E-state index contributed by atoms with van der Waals surface area (Å²) in [5, 5.41) is 0. The molecule has 0 saturated carbocycles. The fraction of sp³-hybridized carbons (Fsp3) is 0.235. The van der Waals surface area contributed by atoms with Crippen LogP contribution in [0.25, 0.3) is 0 Å². The number of rotatable bonds is 3. The molecule has 0 bridgehead atoms. The minimum absolute atomic E-state index is 0.324. The highest BCUT2D eigenvalue weighted by Gasteiger charge is 2.43. The third-order valence-corrected chi connectivity index (χ3v) is 5.27. The molecule has 4 N–H and O–H groups in total. The van der Waals surface area contributed by atoms with E-state index in [0.717, 1.165) is 27.3 Å². The molecule has 1 atom stereocenters. The number of fused-ring (bicyclic) bond motifs is 2. The molecule has 1 amide bonds. The monoisotopic (exact) mass is 298 g/mol. The molecule has 2 aromatic carbocycles. The largest absolute Gasteiger partial charge is 0.369 e. The maximum absolute atomic E-state index is 12.5. The highest BCUT2D eigenvalue weighted by molar-refractivity contribution is 7.98. The van der Waals surface area contributed by atoms with E-state index in [4.69, 9.17) is 11.5 Å². The summed E-state index contributed by atoms with van der Waals surface area (Å²) in [6.45, 7) is 0.413. The van der Waals surface area contributed by atoms with Crippen molar-refractivity contribution in [2.24, 2.45) is 11.5 Å². The third-order valence-electron chi connectivity index (χ3n) is 4.15. The molecule has 0 radical (unpaired) electrons. The standard InChI is InChI=1S/C17H18N2OS/c18-10-9-17(16(19)20)13-6-2-1-5-12(13)11-21-15-8-4-3-7-14(15)17/h1-8H,9-11,18H2,(H2,19,20). The summed E-state index contributed by atoms with van der Waals surface area (Å²) in [5.41, 5.74) is 14.0. The zero-order valence-electron chi connectivity index (χ0n) is 11.7. The average Bonchev–Trinajstić information content (AvgIpc) is 2.64. The summed E-state index contributed by atoms with van der Waals surface area (Å²) in [7, 11) is 0. The molecule has 108 valence electrons. The van der Waals surface area contributed by atoms with E-state index in [1.54, 1.807) is 11.8 Å². The highest BCUT2D eigenvalue weighted by Crippen LogP contribution is 2.46. The zero-order chi connectivity index (χ0) is 14.9. The number of thioether (sulfide) groups is 1. The molecule has 1 heterocycles. The van der Waals surface area contributed by atoms with Crippen LogP contribution in [0.15, 0.2) is 53.4 Å². The van der Waals surface area contributed by atoms with E-state index in [9.17, 15) is 4.79 Å². The number of carbonyl (C=O) groups is 1. The summed E-state index contributed by atoms with van der Waals surface area (Å²) in [6, 6.07) is 16.1. The maximum Gasteiger partial charge on any atom is 0.232 e. The van der Waals surface area contributed by atoms with Crippen molar-refractivity contribution in [2.45, 2.75) is 22.5 Å². The van der Waals surface area contributed by atoms with Crippen molar-refractivity contribution >= 4 is 17.7 Å². The van der Waals surface area contributed by atoms with Gasteiger partial charge in [-0.15, -0.1) is 11.8 Å². The fourth-order valence-electron chi connectivity index (χ4n) is 3.18. The zero-order valence-corrected chi connectivity index (χ0v) is 12.5. The summed E-state index contributed by atoms with van der Waals surface area (Å²) >= 11 is 1.75. The minimum Gasteiger partial charge on any atom is -0.369 e. The molecule has 0 aromatic heterocycles. The quantitative estimate of drug-likeness (QED) is 0.914. The van der Waals surface area contributed by atoms with E-state index in [1.807, 2.05) is 36.4 Å². The van der Waals surface area contributed by atoms with Gasteiger partial charge in [-0.25, -0.2) is 0 Å². The number of carbonyl (C=O) groups excluding carboxylic acids is 1. The Kier molecular flexibility index (Phi) is 3.74. The second-order valence-electron chi connectivity index (χ2n) is 5.25. The van der Waals surface area contributed by atoms with Gasteiger partial charge in [0, 0.05) is 10.6 Å². The first kappa shape index (κ1) is 14.2. The van der Waals surface area contributed by atoms with Crippen molar-refractivity contribution in [3.63, 3.8) is 0 Å². The van der Waals surface area contributed by atoms with Crippen molar-refractivity contribution in [1.29, 1.82) is 0 Å². The van der Waals surface area contributed by atoms with E-state index >= 15 is 0 Å².